The first-order valence-corrected chi connectivity index (χ1v) is 15.2. The van der Waals surface area contributed by atoms with Crippen LogP contribution in [0.5, 0.6) is 11.5 Å². The van der Waals surface area contributed by atoms with E-state index in [1.807, 2.05) is 0 Å². The van der Waals surface area contributed by atoms with Gasteiger partial charge in [-0.15, -0.1) is 35.0 Å². The van der Waals surface area contributed by atoms with E-state index in [9.17, 15) is 45.7 Å². The molecule has 3 aromatic carbocycles. The van der Waals surface area contributed by atoms with Crippen molar-refractivity contribution in [1.29, 1.82) is 0 Å². The van der Waals surface area contributed by atoms with Crippen LogP contribution in [0.4, 0.5) is 28.7 Å². The number of phenols is 2. The summed E-state index contributed by atoms with van der Waals surface area (Å²) < 4.78 is 72.2. The molecular weight excluding hydrogens is 684 g/mol. The number of aromatic amines is 1. The Morgan fingerprint density at radius 1 is 0.913 bits per heavy atom. The van der Waals surface area contributed by atoms with Gasteiger partial charge in [-0.2, -0.15) is 16.8 Å². The second kappa shape index (κ2) is 13.1. The maximum atomic E-state index is 12.2. The first-order chi connectivity index (χ1) is 21.5. The smallest absolute Gasteiger partial charge is 0.373 e. The van der Waals surface area contributed by atoms with Gasteiger partial charge in [-0.1, -0.05) is 5.04 Å². The summed E-state index contributed by atoms with van der Waals surface area (Å²) in [5.41, 5.74) is -2.15. The molecule has 1 heterocycles. The van der Waals surface area contributed by atoms with Gasteiger partial charge in [0.25, 0.3) is 26.2 Å². The number of carbonyl (C=O) groups excluding carboxylic acids is 1. The highest BCUT2D eigenvalue weighted by Gasteiger charge is 2.27. The molecule has 0 aliphatic heterocycles. The number of carboxylic acids is 1. The normalized spacial score (nSPS) is 12.3. The largest absolute Gasteiger partial charge is 0.505 e. The Labute approximate surface area is 259 Å². The van der Waals surface area contributed by atoms with E-state index >= 15 is 0 Å². The van der Waals surface area contributed by atoms with Gasteiger partial charge in [0.05, 0.1) is 22.3 Å². The molecule has 0 fully saturated rings. The molecule has 1 aromatic heterocycles. The molecule has 4 rings (SSSR count). The molecular formula is C21H16N8O14S3. The van der Waals surface area contributed by atoms with E-state index < -0.39 is 87.6 Å². The van der Waals surface area contributed by atoms with Gasteiger partial charge in [-0.25, -0.2) is 10.1 Å². The SMILES string of the molecule is CC(=O)Nc1ccc(/N=N/c2c(SOOO)cc3cc(S(=O)(=O)O)c(/N=N/c4nnc(C(=O)O)[nH]4)c(O)c3c2O)c(S(=O)(=O)O)c1. The van der Waals surface area contributed by atoms with Crippen LogP contribution in [0.1, 0.15) is 17.5 Å². The molecule has 242 valence electrons. The van der Waals surface area contributed by atoms with Crippen LogP contribution in [0.25, 0.3) is 10.8 Å². The lowest BCUT2D eigenvalue weighted by Crippen LogP contribution is -2.07. The fraction of sp³-hybridized carbons (Fsp3) is 0.0476. The summed E-state index contributed by atoms with van der Waals surface area (Å²) >= 11 is 0.162. The zero-order valence-electron chi connectivity index (χ0n) is 22.2. The molecule has 4 aromatic rings. The minimum Gasteiger partial charge on any atom is -0.505 e. The summed E-state index contributed by atoms with van der Waals surface area (Å²) in [6.07, 6.45) is 0. The minimum atomic E-state index is -5.18. The lowest BCUT2D eigenvalue weighted by Gasteiger charge is -2.13. The maximum absolute atomic E-state index is 12.2. The van der Waals surface area contributed by atoms with Crippen molar-refractivity contribution in [2.75, 3.05) is 5.32 Å². The first-order valence-electron chi connectivity index (χ1n) is 11.6. The Balaban J connectivity index is 1.95. The maximum Gasteiger partial charge on any atom is 0.373 e. The van der Waals surface area contributed by atoms with Crippen molar-refractivity contribution in [3.8, 4) is 11.5 Å². The predicted molar refractivity (Wildman–Crippen MR) is 150 cm³/mol. The van der Waals surface area contributed by atoms with Crippen molar-refractivity contribution in [2.24, 2.45) is 20.5 Å². The summed E-state index contributed by atoms with van der Waals surface area (Å²) in [5.74, 6) is -5.44. The van der Waals surface area contributed by atoms with Crippen molar-refractivity contribution in [1.82, 2.24) is 15.2 Å². The van der Waals surface area contributed by atoms with Crippen LogP contribution in [0.3, 0.4) is 0 Å². The standard InChI is InChI=1S/C21H16N8O14S3/c1-7(30)22-9-2-3-10(12(6-9)45(36,37)38)24-25-15-11(44-43-42-35)4-8-5-13(46(39,40)41)16(18(32)14(8)17(15)31)26-28-21-23-19(20(33)34)27-29-21/h2-6,31-32,35H,1H3,(H,22,30)(H,33,34)(H,23,27,29)(H,36,37,38)(H,39,40,41)/b25-24+,28-26+. The molecule has 0 bridgehead atoms. The van der Waals surface area contributed by atoms with Gasteiger partial charge in [-0.3, -0.25) is 18.9 Å². The van der Waals surface area contributed by atoms with E-state index in [1.165, 1.54) is 6.07 Å². The number of carboxylic acid groups (broad SMARTS) is 1. The van der Waals surface area contributed by atoms with E-state index in [4.69, 9.17) is 10.4 Å². The second-order valence-electron chi connectivity index (χ2n) is 8.48. The van der Waals surface area contributed by atoms with Crippen molar-refractivity contribution in [2.45, 2.75) is 21.6 Å². The minimum absolute atomic E-state index is 0.0388. The predicted octanol–water partition coefficient (Wildman–Crippen LogP) is 3.78. The number of carbonyl (C=O) groups is 2. The number of rotatable bonds is 11. The number of aromatic nitrogens is 3. The number of aromatic carboxylic acids is 1. The monoisotopic (exact) mass is 700 g/mol. The lowest BCUT2D eigenvalue weighted by molar-refractivity contribution is -0.432. The molecule has 0 saturated carbocycles. The summed E-state index contributed by atoms with van der Waals surface area (Å²) in [6.45, 7) is 1.14. The molecule has 0 unspecified atom stereocenters. The number of amides is 1. The number of phenolic OH excluding ortho intramolecular Hbond substituents is 2. The number of benzene rings is 3. The Hall–Kier alpha value is -5.15. The zero-order valence-corrected chi connectivity index (χ0v) is 24.7. The molecule has 25 heteroatoms. The number of anilines is 1. The third-order valence-electron chi connectivity index (χ3n) is 5.42. The van der Waals surface area contributed by atoms with Gasteiger partial charge in [0.15, 0.2) is 11.5 Å². The molecule has 0 saturated heterocycles. The van der Waals surface area contributed by atoms with Gasteiger partial charge in [0, 0.05) is 12.6 Å². The van der Waals surface area contributed by atoms with E-state index in [1.54, 1.807) is 0 Å². The Bertz CT molecular complexity index is 2170. The van der Waals surface area contributed by atoms with E-state index in [2.05, 4.69) is 50.3 Å². The molecule has 0 aliphatic rings. The van der Waals surface area contributed by atoms with Crippen molar-refractivity contribution in [3.63, 3.8) is 0 Å². The molecule has 0 spiro atoms. The number of hydrogen-bond acceptors (Lipinski definition) is 18. The lowest BCUT2D eigenvalue weighted by atomic mass is 10.1. The molecule has 8 N–H and O–H groups in total. The van der Waals surface area contributed by atoms with Crippen molar-refractivity contribution >= 4 is 83.6 Å². The summed E-state index contributed by atoms with van der Waals surface area (Å²) in [7, 11) is -10.1. The topological polar surface area (TPSA) is 345 Å². The molecule has 46 heavy (non-hydrogen) atoms. The molecule has 0 radical (unpaired) electrons. The number of fused-ring (bicyclic) bond motifs is 1. The number of nitrogens with one attached hydrogen (secondary N) is 2. The number of nitrogens with zero attached hydrogens (tertiary/aromatic N) is 6. The van der Waals surface area contributed by atoms with Gasteiger partial charge in [0.1, 0.15) is 26.9 Å². The van der Waals surface area contributed by atoms with Crippen LogP contribution >= 0.6 is 12.0 Å². The van der Waals surface area contributed by atoms with Crippen molar-refractivity contribution in [3.05, 3.63) is 36.2 Å². The van der Waals surface area contributed by atoms with E-state index in [0.717, 1.165) is 31.2 Å². The number of H-pyrrole nitrogens is 1. The molecule has 0 atom stereocenters. The first kappa shape index (κ1) is 33.7. The Morgan fingerprint density at radius 3 is 2.15 bits per heavy atom. The summed E-state index contributed by atoms with van der Waals surface area (Å²) in [5, 5.41) is 65.7. The average molecular weight is 701 g/mol. The van der Waals surface area contributed by atoms with Crippen LogP contribution < -0.4 is 5.32 Å². The third kappa shape index (κ3) is 7.38. The number of hydrogen-bond donors (Lipinski definition) is 8. The fourth-order valence-electron chi connectivity index (χ4n) is 3.65. The van der Waals surface area contributed by atoms with Crippen LogP contribution in [0.2, 0.25) is 0 Å². The zero-order chi connectivity index (χ0) is 34.0. The molecule has 1 amide bonds. The summed E-state index contributed by atoms with van der Waals surface area (Å²) in [6, 6.07) is 4.82. The average Bonchev–Trinajstić information content (AvgIpc) is 3.43. The van der Waals surface area contributed by atoms with E-state index in [-0.39, 0.29) is 28.0 Å². The van der Waals surface area contributed by atoms with E-state index in [0.29, 0.717) is 0 Å². The van der Waals surface area contributed by atoms with Gasteiger partial charge >= 0.3 is 5.97 Å². The molecule has 0 aliphatic carbocycles. The van der Waals surface area contributed by atoms with Crippen LogP contribution in [0.15, 0.2) is 65.5 Å². The highest BCUT2D eigenvalue weighted by molar-refractivity contribution is 7.94. The number of azo groups is 2. The Kier molecular flexibility index (Phi) is 9.58. The van der Waals surface area contributed by atoms with Gasteiger partial charge < -0.3 is 20.6 Å². The third-order valence-corrected chi connectivity index (χ3v) is 7.79. The Morgan fingerprint density at radius 2 is 1.57 bits per heavy atom. The van der Waals surface area contributed by atoms with Crippen LogP contribution in [-0.4, -0.2) is 73.6 Å². The summed E-state index contributed by atoms with van der Waals surface area (Å²) in [4.78, 5) is 22.3. The molecule has 22 nitrogen and oxygen atoms in total. The van der Waals surface area contributed by atoms with Crippen molar-refractivity contribution < 1.29 is 65.5 Å². The second-order valence-corrected chi connectivity index (χ2v) is 12.0. The highest BCUT2D eigenvalue weighted by Crippen LogP contribution is 2.51. The highest BCUT2D eigenvalue weighted by atomic mass is 32.2. The van der Waals surface area contributed by atoms with Crippen LogP contribution in [0, 0.1) is 0 Å². The quantitative estimate of drug-likeness (QED) is 0.0362. The van der Waals surface area contributed by atoms with Gasteiger partial charge in [0.2, 0.25) is 11.7 Å². The fourth-order valence-corrected chi connectivity index (χ4v) is 5.45. The number of aromatic hydroxyl groups is 2. The van der Waals surface area contributed by atoms with Crippen LogP contribution in [-0.2, 0) is 34.4 Å². The van der Waals surface area contributed by atoms with Gasteiger partial charge in [-0.05, 0) is 35.7 Å².